The van der Waals surface area contributed by atoms with E-state index in [0.29, 0.717) is 36.7 Å². The summed E-state index contributed by atoms with van der Waals surface area (Å²) >= 11 is 0. The highest BCUT2D eigenvalue weighted by molar-refractivity contribution is 6.09. The molecule has 1 unspecified atom stereocenters. The van der Waals surface area contributed by atoms with Gasteiger partial charge in [-0.25, -0.2) is 0 Å². The molecule has 0 aliphatic carbocycles. The number of ether oxygens (including phenoxy) is 1. The molecule has 0 fully saturated rings. The number of aryl methyl sites for hydroxylation is 1. The fourth-order valence-corrected chi connectivity index (χ4v) is 3.88. The van der Waals surface area contributed by atoms with Crippen LogP contribution in [0.2, 0.25) is 0 Å². The van der Waals surface area contributed by atoms with Crippen molar-refractivity contribution in [2.24, 2.45) is 5.92 Å². The topological polar surface area (TPSA) is 48.3 Å². The van der Waals surface area contributed by atoms with Crippen molar-refractivity contribution >= 4 is 11.8 Å². The predicted octanol–water partition coefficient (Wildman–Crippen LogP) is 4.73. The first-order valence-electron chi connectivity index (χ1n) is 10.5. The number of nitrogens with zero attached hydrogens (tertiary/aromatic N) is 1. The third-order valence-corrected chi connectivity index (χ3v) is 5.48. The van der Waals surface area contributed by atoms with Crippen LogP contribution in [0.3, 0.4) is 0 Å². The number of carbonyl (C=O) groups is 2. The molecule has 0 saturated carbocycles. The van der Waals surface area contributed by atoms with Gasteiger partial charge in [0.15, 0.2) is 0 Å². The van der Waals surface area contributed by atoms with Gasteiger partial charge in [0.2, 0.25) is 5.78 Å². The van der Waals surface area contributed by atoms with Crippen molar-refractivity contribution in [1.29, 1.82) is 0 Å². The van der Waals surface area contributed by atoms with Crippen LogP contribution in [0.25, 0.3) is 0 Å². The van der Waals surface area contributed by atoms with Gasteiger partial charge < -0.3 is 9.30 Å². The lowest BCUT2D eigenvalue weighted by Crippen LogP contribution is -2.15. The molecule has 1 atom stereocenters. The van der Waals surface area contributed by atoms with E-state index in [4.69, 9.17) is 11.2 Å². The van der Waals surface area contributed by atoms with Crippen molar-refractivity contribution < 1.29 is 14.3 Å². The molecular formula is C25H29NO3. The van der Waals surface area contributed by atoms with Gasteiger partial charge in [-0.15, -0.1) is 6.42 Å². The number of hydrogen-bond acceptors (Lipinski definition) is 3. The summed E-state index contributed by atoms with van der Waals surface area (Å²) in [4.78, 5) is 25.9. The van der Waals surface area contributed by atoms with Gasteiger partial charge >= 0.3 is 5.97 Å². The molecule has 1 aliphatic rings. The van der Waals surface area contributed by atoms with E-state index in [0.717, 1.165) is 36.1 Å². The number of aromatic nitrogens is 1. The van der Waals surface area contributed by atoms with Gasteiger partial charge in [0.25, 0.3) is 0 Å². The average Bonchev–Trinajstić information content (AvgIpc) is 3.26. The van der Waals surface area contributed by atoms with E-state index in [2.05, 4.69) is 26.7 Å². The zero-order chi connectivity index (χ0) is 21.0. The van der Waals surface area contributed by atoms with Gasteiger partial charge in [-0.1, -0.05) is 33.1 Å². The van der Waals surface area contributed by atoms with Crippen LogP contribution in [0.5, 0.6) is 0 Å². The Kier molecular flexibility index (Phi) is 6.59. The van der Waals surface area contributed by atoms with Crippen molar-refractivity contribution in [3.63, 3.8) is 0 Å². The fraction of sp³-hybridized carbons (Fsp3) is 0.440. The maximum absolute atomic E-state index is 13.3. The molecule has 0 radical (unpaired) electrons. The van der Waals surface area contributed by atoms with Crippen LogP contribution in [0, 0.1) is 18.3 Å². The number of esters is 1. The lowest BCUT2D eigenvalue weighted by molar-refractivity contribution is -0.145. The summed E-state index contributed by atoms with van der Waals surface area (Å²) in [6.07, 6.45) is 8.70. The number of terminal acetylenes is 1. The van der Waals surface area contributed by atoms with E-state index >= 15 is 0 Å². The van der Waals surface area contributed by atoms with Crippen molar-refractivity contribution in [2.75, 3.05) is 6.61 Å². The van der Waals surface area contributed by atoms with Gasteiger partial charge in [0, 0.05) is 23.4 Å². The maximum atomic E-state index is 13.3. The van der Waals surface area contributed by atoms with E-state index in [1.165, 1.54) is 0 Å². The minimum absolute atomic E-state index is 0.0166. The largest absolute Gasteiger partial charge is 0.465 e. The highest BCUT2D eigenvalue weighted by Gasteiger charge is 2.35. The summed E-state index contributed by atoms with van der Waals surface area (Å²) in [7, 11) is 0. The average molecular weight is 392 g/mol. The molecule has 4 nitrogen and oxygen atoms in total. The molecule has 4 heteroatoms. The lowest BCUT2D eigenvalue weighted by Gasteiger charge is -2.11. The van der Waals surface area contributed by atoms with Crippen LogP contribution in [0.1, 0.15) is 78.8 Å². The summed E-state index contributed by atoms with van der Waals surface area (Å²) < 4.78 is 7.54. The van der Waals surface area contributed by atoms with E-state index < -0.39 is 0 Å². The Morgan fingerprint density at radius 1 is 1.28 bits per heavy atom. The molecule has 3 rings (SSSR count). The Labute approximate surface area is 173 Å². The smallest absolute Gasteiger partial charge is 0.315 e. The van der Waals surface area contributed by atoms with Crippen molar-refractivity contribution in [2.45, 2.75) is 58.9 Å². The second kappa shape index (κ2) is 9.13. The molecule has 1 aliphatic heterocycles. The highest BCUT2D eigenvalue weighted by Crippen LogP contribution is 2.35. The number of carbonyl (C=O) groups excluding carboxylic acids is 2. The SMILES string of the molecule is C#Cc1ccc(C(=O)c2c(CCC)cc3n2CCC3C(=O)OCCC(C)C)cc1. The summed E-state index contributed by atoms with van der Waals surface area (Å²) in [5.41, 5.74) is 3.98. The quantitative estimate of drug-likeness (QED) is 0.371. The van der Waals surface area contributed by atoms with Crippen LogP contribution in [-0.2, 0) is 22.5 Å². The molecule has 0 spiro atoms. The van der Waals surface area contributed by atoms with Crippen LogP contribution in [-0.4, -0.2) is 22.9 Å². The van der Waals surface area contributed by atoms with E-state index in [9.17, 15) is 9.59 Å². The van der Waals surface area contributed by atoms with Crippen LogP contribution < -0.4 is 0 Å². The predicted molar refractivity (Wildman–Crippen MR) is 114 cm³/mol. The monoisotopic (exact) mass is 391 g/mol. The third-order valence-electron chi connectivity index (χ3n) is 5.48. The summed E-state index contributed by atoms with van der Waals surface area (Å²) in [6.45, 7) is 7.42. The van der Waals surface area contributed by atoms with Crippen molar-refractivity contribution in [3.05, 3.63) is 58.4 Å². The number of hydrogen-bond donors (Lipinski definition) is 0. The van der Waals surface area contributed by atoms with Crippen molar-refractivity contribution in [1.82, 2.24) is 4.57 Å². The molecule has 0 amide bonds. The molecule has 152 valence electrons. The zero-order valence-electron chi connectivity index (χ0n) is 17.5. The molecule has 0 N–H and O–H groups in total. The summed E-state index contributed by atoms with van der Waals surface area (Å²) in [5, 5.41) is 0. The Bertz CT molecular complexity index is 928. The minimum Gasteiger partial charge on any atom is -0.465 e. The van der Waals surface area contributed by atoms with E-state index in [1.54, 1.807) is 24.3 Å². The normalized spacial score (nSPS) is 15.2. The Hall–Kier alpha value is -2.80. The first-order chi connectivity index (χ1) is 14.0. The van der Waals surface area contributed by atoms with Crippen LogP contribution >= 0.6 is 0 Å². The summed E-state index contributed by atoms with van der Waals surface area (Å²) in [6, 6.07) is 9.17. The van der Waals surface area contributed by atoms with Crippen molar-refractivity contribution in [3.8, 4) is 12.3 Å². The van der Waals surface area contributed by atoms with E-state index in [1.807, 2.05) is 10.6 Å². The first-order valence-corrected chi connectivity index (χ1v) is 10.5. The lowest BCUT2D eigenvalue weighted by atomic mass is 9.99. The van der Waals surface area contributed by atoms with Gasteiger partial charge in [-0.05, 0) is 61.1 Å². The molecule has 1 aromatic heterocycles. The maximum Gasteiger partial charge on any atom is 0.315 e. The second-order valence-corrected chi connectivity index (χ2v) is 8.09. The number of fused-ring (bicyclic) bond motifs is 1. The highest BCUT2D eigenvalue weighted by atomic mass is 16.5. The Morgan fingerprint density at radius 2 is 2.00 bits per heavy atom. The van der Waals surface area contributed by atoms with Gasteiger partial charge in [0.1, 0.15) is 0 Å². The number of rotatable bonds is 8. The third kappa shape index (κ3) is 4.45. The zero-order valence-corrected chi connectivity index (χ0v) is 17.5. The molecule has 0 saturated heterocycles. The molecule has 29 heavy (non-hydrogen) atoms. The minimum atomic E-state index is -0.289. The fourth-order valence-electron chi connectivity index (χ4n) is 3.88. The Morgan fingerprint density at radius 3 is 2.62 bits per heavy atom. The molecule has 1 aromatic carbocycles. The van der Waals surface area contributed by atoms with Crippen LogP contribution in [0.15, 0.2) is 30.3 Å². The molecule has 2 heterocycles. The second-order valence-electron chi connectivity index (χ2n) is 8.09. The number of ketones is 1. The van der Waals surface area contributed by atoms with Gasteiger partial charge in [-0.2, -0.15) is 0 Å². The van der Waals surface area contributed by atoms with Gasteiger partial charge in [-0.3, -0.25) is 9.59 Å². The van der Waals surface area contributed by atoms with Gasteiger partial charge in [0.05, 0.1) is 18.2 Å². The standard InChI is InChI=1S/C25H29NO3/c1-5-7-20-16-22-21(25(28)29-15-13-17(3)4)12-14-26(22)23(20)24(27)19-10-8-18(6-2)9-11-19/h2,8-11,16-17,21H,5,7,12-15H2,1,3-4H3. The Balaban J connectivity index is 1.88. The first kappa shape index (κ1) is 20.9. The number of benzene rings is 1. The van der Waals surface area contributed by atoms with Crippen LogP contribution in [0.4, 0.5) is 0 Å². The molecule has 0 bridgehead atoms. The summed E-state index contributed by atoms with van der Waals surface area (Å²) in [5.74, 6) is 2.59. The molecule has 2 aromatic rings. The molecular weight excluding hydrogens is 362 g/mol. The van der Waals surface area contributed by atoms with E-state index in [-0.39, 0.29) is 17.7 Å².